The van der Waals surface area contributed by atoms with Crippen molar-refractivity contribution in [3.05, 3.63) is 29.5 Å². The molecule has 2 N–H and O–H groups in total. The molecule has 33 heavy (non-hydrogen) atoms. The summed E-state index contributed by atoms with van der Waals surface area (Å²) in [7, 11) is 0. The average Bonchev–Trinajstić information content (AvgIpc) is 3.23. The van der Waals surface area contributed by atoms with Crippen LogP contribution in [0.5, 0.6) is 5.75 Å². The summed E-state index contributed by atoms with van der Waals surface area (Å²) in [6, 6.07) is 2.73. The molecule has 2 aliphatic rings. The molecule has 2 atom stereocenters. The van der Waals surface area contributed by atoms with Crippen molar-refractivity contribution in [1.82, 2.24) is 9.55 Å². The van der Waals surface area contributed by atoms with Gasteiger partial charge >= 0.3 is 12.3 Å². The summed E-state index contributed by atoms with van der Waals surface area (Å²) in [6.07, 6.45) is -9.18. The van der Waals surface area contributed by atoms with E-state index in [-0.39, 0.29) is 41.6 Å². The maximum atomic E-state index is 14.1. The molecule has 3 heterocycles. The van der Waals surface area contributed by atoms with Gasteiger partial charge in [-0.15, -0.1) is 0 Å². The number of hydrogen-bond donors (Lipinski definition) is 1. The van der Waals surface area contributed by atoms with Crippen LogP contribution < -0.4 is 15.4 Å². The minimum absolute atomic E-state index is 0.170. The lowest BCUT2D eigenvalue weighted by Gasteiger charge is -2.21. The van der Waals surface area contributed by atoms with Gasteiger partial charge in [0.15, 0.2) is 11.5 Å². The molecule has 0 spiro atoms. The second-order valence-electron chi connectivity index (χ2n) is 7.79. The number of carbonyl (C=O) groups excluding carboxylic acids is 2. The third kappa shape index (κ3) is 4.07. The number of hydrogen-bond acceptors (Lipinski definition) is 5. The zero-order chi connectivity index (χ0) is 24.1. The molecular weight excluding hydrogens is 455 g/mol. The normalized spacial score (nSPS) is 18.9. The van der Waals surface area contributed by atoms with E-state index in [0.29, 0.717) is 5.56 Å². The number of ether oxygens (including phenoxy) is 2. The Kier molecular flexibility index (Phi) is 5.66. The molecule has 0 aliphatic carbocycles. The van der Waals surface area contributed by atoms with E-state index in [1.165, 1.54) is 6.07 Å². The highest BCUT2D eigenvalue weighted by Gasteiger charge is 2.49. The molecule has 0 radical (unpaired) electrons. The van der Waals surface area contributed by atoms with Gasteiger partial charge in [-0.1, -0.05) is 13.0 Å². The number of amides is 2. The number of nitrogens with zero attached hydrogens (tertiary/aromatic N) is 3. The molecule has 0 unspecified atom stereocenters. The summed E-state index contributed by atoms with van der Waals surface area (Å²) < 4.78 is 80.0. The van der Waals surface area contributed by atoms with Gasteiger partial charge in [-0.25, -0.2) is 23.5 Å². The smallest absolute Gasteiger partial charge is 0.435 e. The number of alkyl halides is 5. The molecule has 0 saturated carbocycles. The Hall–Kier alpha value is -3.38. The van der Waals surface area contributed by atoms with Crippen LogP contribution in [-0.4, -0.2) is 47.2 Å². The van der Waals surface area contributed by atoms with E-state index < -0.39 is 54.7 Å². The van der Waals surface area contributed by atoms with Crippen LogP contribution in [0.2, 0.25) is 0 Å². The van der Waals surface area contributed by atoms with E-state index in [1.54, 1.807) is 19.1 Å². The lowest BCUT2D eigenvalue weighted by molar-refractivity contribution is -0.143. The SMILES string of the molecule is C[C@H](Cc1ccc2c(c1)OCCn1c-2nc(N2C(=O)OC[C@H]2C(F)F)c1C(F)(F)F)C(N)=O. The van der Waals surface area contributed by atoms with Crippen LogP contribution in [0.3, 0.4) is 0 Å². The Morgan fingerprint density at radius 1 is 1.30 bits per heavy atom. The molecule has 0 bridgehead atoms. The monoisotopic (exact) mass is 474 g/mol. The summed E-state index contributed by atoms with van der Waals surface area (Å²) in [4.78, 5) is 27.7. The quantitative estimate of drug-likeness (QED) is 0.671. The van der Waals surface area contributed by atoms with Gasteiger partial charge in [-0.3, -0.25) is 4.79 Å². The Morgan fingerprint density at radius 3 is 2.67 bits per heavy atom. The van der Waals surface area contributed by atoms with Gasteiger partial charge in [0.1, 0.15) is 30.8 Å². The highest BCUT2D eigenvalue weighted by atomic mass is 19.4. The number of anilines is 1. The molecule has 178 valence electrons. The largest absolute Gasteiger partial charge is 0.491 e. The second kappa shape index (κ2) is 8.19. The molecule has 1 fully saturated rings. The number of nitrogens with two attached hydrogens (primary N) is 1. The fourth-order valence-electron chi connectivity index (χ4n) is 3.88. The van der Waals surface area contributed by atoms with Gasteiger partial charge in [0, 0.05) is 5.92 Å². The van der Waals surface area contributed by atoms with Crippen molar-refractivity contribution in [2.75, 3.05) is 18.1 Å². The lowest BCUT2D eigenvalue weighted by Crippen LogP contribution is -2.40. The predicted molar refractivity (Wildman–Crippen MR) is 104 cm³/mol. The molecule has 8 nitrogen and oxygen atoms in total. The number of imidazole rings is 1. The highest BCUT2D eigenvalue weighted by molar-refractivity contribution is 5.91. The van der Waals surface area contributed by atoms with Crippen LogP contribution in [-0.2, 0) is 28.7 Å². The van der Waals surface area contributed by atoms with Crippen LogP contribution in [0.15, 0.2) is 18.2 Å². The molecule has 1 aromatic heterocycles. The zero-order valence-corrected chi connectivity index (χ0v) is 17.2. The van der Waals surface area contributed by atoms with Crippen LogP contribution in [0.1, 0.15) is 18.2 Å². The molecule has 2 aromatic rings. The molecular formula is C20H19F5N4O4. The van der Waals surface area contributed by atoms with Crippen LogP contribution >= 0.6 is 0 Å². The van der Waals surface area contributed by atoms with Gasteiger partial charge in [-0.2, -0.15) is 13.2 Å². The number of cyclic esters (lactones) is 1. The lowest BCUT2D eigenvalue weighted by atomic mass is 9.99. The molecule has 2 aliphatic heterocycles. The summed E-state index contributed by atoms with van der Waals surface area (Å²) in [5.74, 6) is -1.90. The van der Waals surface area contributed by atoms with Crippen molar-refractivity contribution in [3.63, 3.8) is 0 Å². The Morgan fingerprint density at radius 2 is 2.03 bits per heavy atom. The Bertz CT molecular complexity index is 1100. The second-order valence-corrected chi connectivity index (χ2v) is 7.79. The number of benzene rings is 1. The van der Waals surface area contributed by atoms with Crippen molar-refractivity contribution < 1.29 is 41.0 Å². The maximum absolute atomic E-state index is 14.1. The number of primary amides is 1. The summed E-state index contributed by atoms with van der Waals surface area (Å²) in [5.41, 5.74) is 4.79. The predicted octanol–water partition coefficient (Wildman–Crippen LogP) is 3.22. The fraction of sp³-hybridized carbons (Fsp3) is 0.450. The first-order valence-electron chi connectivity index (χ1n) is 9.96. The van der Waals surface area contributed by atoms with Crippen LogP contribution in [0.25, 0.3) is 11.4 Å². The molecule has 13 heteroatoms. The van der Waals surface area contributed by atoms with Crippen LogP contribution in [0.4, 0.5) is 32.6 Å². The van der Waals surface area contributed by atoms with E-state index >= 15 is 0 Å². The van der Waals surface area contributed by atoms with E-state index in [2.05, 4.69) is 9.72 Å². The van der Waals surface area contributed by atoms with E-state index in [4.69, 9.17) is 10.5 Å². The van der Waals surface area contributed by atoms with Crippen molar-refractivity contribution in [1.29, 1.82) is 0 Å². The van der Waals surface area contributed by atoms with E-state index in [1.807, 2.05) is 0 Å². The van der Waals surface area contributed by atoms with Crippen molar-refractivity contribution in [2.24, 2.45) is 11.7 Å². The molecule has 4 rings (SSSR count). The Labute approximate surface area is 184 Å². The van der Waals surface area contributed by atoms with Crippen LogP contribution in [0, 0.1) is 5.92 Å². The molecule has 1 saturated heterocycles. The van der Waals surface area contributed by atoms with Gasteiger partial charge < -0.3 is 19.8 Å². The number of aromatic nitrogens is 2. The number of rotatable bonds is 5. The highest BCUT2D eigenvalue weighted by Crippen LogP contribution is 2.44. The van der Waals surface area contributed by atoms with Gasteiger partial charge in [0.2, 0.25) is 5.91 Å². The topological polar surface area (TPSA) is 99.7 Å². The third-order valence-corrected chi connectivity index (χ3v) is 5.53. The van der Waals surface area contributed by atoms with Crippen molar-refractivity contribution in [2.45, 2.75) is 38.5 Å². The Balaban J connectivity index is 1.85. The maximum Gasteiger partial charge on any atom is 0.435 e. The first kappa shape index (κ1) is 22.8. The minimum Gasteiger partial charge on any atom is -0.491 e. The summed E-state index contributed by atoms with van der Waals surface area (Å²) in [6.45, 7) is 0.423. The zero-order valence-electron chi connectivity index (χ0n) is 17.2. The fourth-order valence-corrected chi connectivity index (χ4v) is 3.88. The van der Waals surface area contributed by atoms with E-state index in [0.717, 1.165) is 4.57 Å². The van der Waals surface area contributed by atoms with Gasteiger partial charge in [0.25, 0.3) is 6.43 Å². The minimum atomic E-state index is -5.00. The average molecular weight is 474 g/mol. The first-order chi connectivity index (χ1) is 15.5. The van der Waals surface area contributed by atoms with E-state index in [9.17, 15) is 31.5 Å². The standard InChI is InChI=1S/C20H19F5N4O4/c1-9(16(26)30)6-10-2-3-11-13(7-10)32-5-4-28-14(20(23,24)25)18(27-17(11)28)29-12(15(21)22)8-33-19(29)31/h2-3,7,9,12,15H,4-6,8H2,1H3,(H2,26,30)/t9-,12+/m1/s1. The van der Waals surface area contributed by atoms with Gasteiger partial charge in [-0.05, 0) is 24.1 Å². The number of halogens is 5. The van der Waals surface area contributed by atoms with Crippen molar-refractivity contribution >= 4 is 17.8 Å². The van der Waals surface area contributed by atoms with Crippen molar-refractivity contribution in [3.8, 4) is 17.1 Å². The third-order valence-electron chi connectivity index (χ3n) is 5.53. The molecule has 2 amide bonds. The summed E-state index contributed by atoms with van der Waals surface area (Å²) in [5, 5.41) is 0. The first-order valence-corrected chi connectivity index (χ1v) is 9.96. The van der Waals surface area contributed by atoms with Gasteiger partial charge in [0.05, 0.1) is 12.1 Å². The number of fused-ring (bicyclic) bond motifs is 3. The molecule has 1 aromatic carbocycles. The summed E-state index contributed by atoms with van der Waals surface area (Å²) >= 11 is 0. The number of carbonyl (C=O) groups is 2.